The molecule has 0 aromatic carbocycles. The minimum Gasteiger partial charge on any atom is -0.342 e. The van der Waals surface area contributed by atoms with Gasteiger partial charge in [-0.25, -0.2) is 0 Å². The lowest BCUT2D eigenvalue weighted by molar-refractivity contribution is -0.134. The molecule has 22 heavy (non-hydrogen) atoms. The summed E-state index contributed by atoms with van der Waals surface area (Å²) in [6.07, 6.45) is 4.23. The summed E-state index contributed by atoms with van der Waals surface area (Å²) in [7, 11) is 0. The maximum Gasteiger partial charge on any atom is 0.243 e. The number of rotatable bonds is 5. The van der Waals surface area contributed by atoms with Crippen LogP contribution in [0.1, 0.15) is 57.3 Å². The molecule has 1 saturated carbocycles. The molecule has 6 heteroatoms. The zero-order chi connectivity index (χ0) is 15.7. The number of amides is 1. The summed E-state index contributed by atoms with van der Waals surface area (Å²) in [4.78, 5) is 18.6. The van der Waals surface area contributed by atoms with E-state index in [1.807, 2.05) is 6.92 Å². The molecule has 122 valence electrons. The van der Waals surface area contributed by atoms with Crippen LogP contribution in [0.25, 0.3) is 0 Å². The molecule has 1 aromatic rings. The van der Waals surface area contributed by atoms with Crippen molar-refractivity contribution in [2.75, 3.05) is 13.1 Å². The van der Waals surface area contributed by atoms with Gasteiger partial charge in [0.05, 0.1) is 6.04 Å². The van der Waals surface area contributed by atoms with Crippen LogP contribution in [0.15, 0.2) is 4.52 Å². The number of aromatic nitrogens is 2. The van der Waals surface area contributed by atoms with Crippen molar-refractivity contribution in [3.8, 4) is 0 Å². The Hall–Kier alpha value is -1.43. The van der Waals surface area contributed by atoms with E-state index in [-0.39, 0.29) is 6.04 Å². The summed E-state index contributed by atoms with van der Waals surface area (Å²) in [5, 5.41) is 7.47. The molecule has 1 aliphatic carbocycles. The molecule has 1 amide bonds. The van der Waals surface area contributed by atoms with E-state index in [9.17, 15) is 4.79 Å². The zero-order valence-corrected chi connectivity index (χ0v) is 13.7. The van der Waals surface area contributed by atoms with E-state index in [2.05, 4.69) is 34.2 Å². The highest BCUT2D eigenvalue weighted by atomic mass is 16.5. The number of nitrogens with one attached hydrogen (secondary N) is 1. The smallest absolute Gasteiger partial charge is 0.243 e. The first-order chi connectivity index (χ1) is 10.6. The zero-order valence-electron chi connectivity index (χ0n) is 13.7. The summed E-state index contributed by atoms with van der Waals surface area (Å²) in [6, 6.07) is 0.446. The van der Waals surface area contributed by atoms with Gasteiger partial charge in [-0.2, -0.15) is 4.98 Å². The van der Waals surface area contributed by atoms with Crippen molar-refractivity contribution < 1.29 is 9.32 Å². The third kappa shape index (κ3) is 3.32. The molecule has 2 aliphatic rings. The largest absolute Gasteiger partial charge is 0.342 e. The molecular formula is C16H26N4O2. The maximum atomic E-state index is 12.2. The van der Waals surface area contributed by atoms with Crippen molar-refractivity contribution in [2.45, 2.75) is 58.5 Å². The molecule has 0 bridgehead atoms. The highest BCUT2D eigenvalue weighted by Crippen LogP contribution is 2.33. The van der Waals surface area contributed by atoms with Crippen molar-refractivity contribution in [1.82, 2.24) is 20.4 Å². The molecule has 0 spiro atoms. The first-order valence-corrected chi connectivity index (χ1v) is 8.43. The normalized spacial score (nSPS) is 27.0. The van der Waals surface area contributed by atoms with Crippen LogP contribution in [0, 0.1) is 18.8 Å². The Morgan fingerprint density at radius 2 is 2.23 bits per heavy atom. The molecule has 1 N–H and O–H groups in total. The lowest BCUT2D eigenvalue weighted by atomic mass is 9.89. The molecule has 2 fully saturated rings. The third-order valence-electron chi connectivity index (χ3n) is 4.87. The Morgan fingerprint density at radius 1 is 1.45 bits per heavy atom. The number of aryl methyl sites for hydroxylation is 1. The van der Waals surface area contributed by atoms with Gasteiger partial charge in [0.1, 0.15) is 0 Å². The molecule has 0 unspecified atom stereocenters. The van der Waals surface area contributed by atoms with Crippen LogP contribution in [0.2, 0.25) is 0 Å². The van der Waals surface area contributed by atoms with Crippen molar-refractivity contribution in [3.63, 3.8) is 0 Å². The van der Waals surface area contributed by atoms with Gasteiger partial charge in [0, 0.05) is 25.0 Å². The predicted molar refractivity (Wildman–Crippen MR) is 82.1 cm³/mol. The highest BCUT2D eigenvalue weighted by Gasteiger charge is 2.38. The number of likely N-dealkylation sites (tertiary alicyclic amines) is 1. The Kier molecular flexibility index (Phi) is 4.47. The lowest BCUT2D eigenvalue weighted by Gasteiger charge is -2.39. The number of carbonyl (C=O) groups is 1. The fourth-order valence-electron chi connectivity index (χ4n) is 3.34. The quantitative estimate of drug-likeness (QED) is 0.901. The van der Waals surface area contributed by atoms with Crippen LogP contribution in [-0.4, -0.2) is 40.1 Å². The molecule has 2 heterocycles. The van der Waals surface area contributed by atoms with E-state index < -0.39 is 0 Å². The highest BCUT2D eigenvalue weighted by molar-refractivity contribution is 5.81. The van der Waals surface area contributed by atoms with E-state index >= 15 is 0 Å². The van der Waals surface area contributed by atoms with Crippen LogP contribution in [-0.2, 0) is 4.79 Å². The topological polar surface area (TPSA) is 71.3 Å². The van der Waals surface area contributed by atoms with Crippen molar-refractivity contribution in [1.29, 1.82) is 0 Å². The van der Waals surface area contributed by atoms with Crippen LogP contribution >= 0.6 is 0 Å². The predicted octanol–water partition coefficient (Wildman–Crippen LogP) is 2.07. The summed E-state index contributed by atoms with van der Waals surface area (Å²) in [6.45, 7) is 7.82. The number of carbonyl (C=O) groups excluding carboxylic acids is 1. The standard InChI is InChI=1S/C16H26N4O2/c1-4-12-9-20(16(21)13-5-6-13)8-7-14(12)17-10(2)15-18-11(3)19-22-15/h10,12-14,17H,4-9H2,1-3H3/t10-,12-,14+/m1/s1. The molecular weight excluding hydrogens is 280 g/mol. The van der Waals surface area contributed by atoms with E-state index in [1.165, 1.54) is 0 Å². The third-order valence-corrected chi connectivity index (χ3v) is 4.87. The first kappa shape index (κ1) is 15.5. The Bertz CT molecular complexity index is 526. The average Bonchev–Trinajstić information content (AvgIpc) is 3.28. The van der Waals surface area contributed by atoms with Crippen LogP contribution < -0.4 is 5.32 Å². The van der Waals surface area contributed by atoms with Gasteiger partial charge in [0.15, 0.2) is 5.82 Å². The van der Waals surface area contributed by atoms with Gasteiger partial charge in [-0.15, -0.1) is 0 Å². The number of nitrogens with zero attached hydrogens (tertiary/aromatic N) is 3. The van der Waals surface area contributed by atoms with Crippen molar-refractivity contribution in [3.05, 3.63) is 11.7 Å². The Balaban J connectivity index is 1.58. The second-order valence-electron chi connectivity index (χ2n) is 6.69. The minimum absolute atomic E-state index is 0.0472. The SMILES string of the molecule is CC[C@@H]1CN(C(=O)C2CC2)CC[C@@H]1N[C@H](C)c1nc(C)no1. The number of piperidine rings is 1. The van der Waals surface area contributed by atoms with Crippen molar-refractivity contribution in [2.24, 2.45) is 11.8 Å². The molecule has 3 atom stereocenters. The van der Waals surface area contributed by atoms with Gasteiger partial charge < -0.3 is 14.7 Å². The van der Waals surface area contributed by atoms with E-state index in [0.717, 1.165) is 38.8 Å². The first-order valence-electron chi connectivity index (χ1n) is 8.43. The Labute approximate surface area is 131 Å². The van der Waals surface area contributed by atoms with E-state index in [0.29, 0.717) is 35.5 Å². The van der Waals surface area contributed by atoms with Crippen LogP contribution in [0.5, 0.6) is 0 Å². The summed E-state index contributed by atoms with van der Waals surface area (Å²) < 4.78 is 5.25. The van der Waals surface area contributed by atoms with Gasteiger partial charge in [-0.05, 0) is 39.0 Å². The van der Waals surface area contributed by atoms with E-state index in [4.69, 9.17) is 4.52 Å². The lowest BCUT2D eigenvalue weighted by Crippen LogP contribution is -2.51. The fraction of sp³-hybridized carbons (Fsp3) is 0.812. The molecule has 1 aliphatic heterocycles. The summed E-state index contributed by atoms with van der Waals surface area (Å²) in [5.41, 5.74) is 0. The monoisotopic (exact) mass is 306 g/mol. The molecule has 3 rings (SSSR count). The van der Waals surface area contributed by atoms with E-state index in [1.54, 1.807) is 0 Å². The van der Waals surface area contributed by atoms with Gasteiger partial charge in [-0.3, -0.25) is 4.79 Å². The summed E-state index contributed by atoms with van der Waals surface area (Å²) >= 11 is 0. The molecule has 0 radical (unpaired) electrons. The maximum absolute atomic E-state index is 12.2. The van der Waals surface area contributed by atoms with Gasteiger partial charge in [-0.1, -0.05) is 18.5 Å². The van der Waals surface area contributed by atoms with Crippen LogP contribution in [0.4, 0.5) is 0 Å². The second kappa shape index (κ2) is 6.36. The molecule has 1 saturated heterocycles. The molecule has 6 nitrogen and oxygen atoms in total. The van der Waals surface area contributed by atoms with Gasteiger partial charge >= 0.3 is 0 Å². The van der Waals surface area contributed by atoms with Gasteiger partial charge in [0.25, 0.3) is 0 Å². The van der Waals surface area contributed by atoms with Crippen molar-refractivity contribution >= 4 is 5.91 Å². The summed E-state index contributed by atoms with van der Waals surface area (Å²) in [5.74, 6) is 2.49. The van der Waals surface area contributed by atoms with Gasteiger partial charge in [0.2, 0.25) is 11.8 Å². The number of hydrogen-bond donors (Lipinski definition) is 1. The second-order valence-corrected chi connectivity index (χ2v) is 6.69. The van der Waals surface area contributed by atoms with Crippen LogP contribution in [0.3, 0.4) is 0 Å². The fourth-order valence-corrected chi connectivity index (χ4v) is 3.34. The average molecular weight is 306 g/mol. The Morgan fingerprint density at radius 3 is 2.82 bits per heavy atom. The number of hydrogen-bond acceptors (Lipinski definition) is 5. The molecule has 1 aromatic heterocycles. The minimum atomic E-state index is 0.0472.